The lowest BCUT2D eigenvalue weighted by Gasteiger charge is -2.33. The first-order valence-corrected chi connectivity index (χ1v) is 10.5. The van der Waals surface area contributed by atoms with E-state index in [-0.39, 0.29) is 24.0 Å². The van der Waals surface area contributed by atoms with Crippen molar-refractivity contribution in [2.75, 3.05) is 20.1 Å². The zero-order valence-corrected chi connectivity index (χ0v) is 20.7. The zero-order valence-electron chi connectivity index (χ0n) is 16.9. The number of guanidine groups is 1. The number of rotatable bonds is 5. The van der Waals surface area contributed by atoms with Gasteiger partial charge in [0.25, 0.3) is 0 Å². The van der Waals surface area contributed by atoms with Gasteiger partial charge in [-0.25, -0.2) is 0 Å². The third kappa shape index (κ3) is 7.31. The Morgan fingerprint density at radius 3 is 2.37 bits per heavy atom. The van der Waals surface area contributed by atoms with Gasteiger partial charge in [0.05, 0.1) is 21.7 Å². The molecule has 30 heavy (non-hydrogen) atoms. The van der Waals surface area contributed by atoms with Crippen LogP contribution in [0.2, 0.25) is 10.0 Å². The van der Waals surface area contributed by atoms with Crippen LogP contribution in [0, 0.1) is 11.3 Å². The summed E-state index contributed by atoms with van der Waals surface area (Å²) in [6.07, 6.45) is 2.11. The van der Waals surface area contributed by atoms with Crippen molar-refractivity contribution in [2.24, 2.45) is 4.99 Å². The Morgan fingerprint density at radius 2 is 1.77 bits per heavy atom. The highest BCUT2D eigenvalue weighted by Gasteiger charge is 2.20. The molecule has 2 N–H and O–H groups in total. The molecule has 1 aliphatic heterocycles. The molecule has 1 saturated heterocycles. The summed E-state index contributed by atoms with van der Waals surface area (Å²) in [4.78, 5) is 6.77. The molecule has 0 unspecified atom stereocenters. The fourth-order valence-corrected chi connectivity index (χ4v) is 3.72. The van der Waals surface area contributed by atoms with Crippen LogP contribution >= 0.6 is 47.2 Å². The van der Waals surface area contributed by atoms with Crippen LogP contribution in [0.1, 0.15) is 29.5 Å². The molecule has 0 atom stereocenters. The Labute approximate surface area is 205 Å². The van der Waals surface area contributed by atoms with E-state index in [4.69, 9.17) is 28.5 Å². The van der Waals surface area contributed by atoms with Crippen LogP contribution in [0.3, 0.4) is 0 Å². The summed E-state index contributed by atoms with van der Waals surface area (Å²) in [5.74, 6) is 0.803. The van der Waals surface area contributed by atoms with Gasteiger partial charge in [0.15, 0.2) is 5.96 Å². The van der Waals surface area contributed by atoms with Crippen LogP contribution in [0.25, 0.3) is 0 Å². The number of piperidine rings is 1. The number of benzene rings is 2. The molecule has 160 valence electrons. The molecule has 3 rings (SSSR count). The smallest absolute Gasteiger partial charge is 0.191 e. The molecule has 1 fully saturated rings. The van der Waals surface area contributed by atoms with Crippen LogP contribution in [0.4, 0.5) is 0 Å². The number of hydrogen-bond donors (Lipinski definition) is 2. The molecule has 1 heterocycles. The van der Waals surface area contributed by atoms with E-state index in [1.54, 1.807) is 7.05 Å². The van der Waals surface area contributed by atoms with Gasteiger partial charge in [0, 0.05) is 39.3 Å². The maximum Gasteiger partial charge on any atom is 0.191 e. The van der Waals surface area contributed by atoms with E-state index in [1.807, 2.05) is 42.5 Å². The van der Waals surface area contributed by atoms with E-state index in [0.29, 0.717) is 28.2 Å². The summed E-state index contributed by atoms with van der Waals surface area (Å²) in [7, 11) is 1.79. The van der Waals surface area contributed by atoms with Crippen LogP contribution in [0.15, 0.2) is 47.5 Å². The molecule has 0 aromatic heterocycles. The Morgan fingerprint density at radius 1 is 1.10 bits per heavy atom. The Balaban J connectivity index is 0.00000320. The molecule has 2 aromatic carbocycles. The van der Waals surface area contributed by atoms with Crippen molar-refractivity contribution in [3.05, 3.63) is 69.2 Å². The molecule has 0 radical (unpaired) electrons. The summed E-state index contributed by atoms with van der Waals surface area (Å²) in [6.45, 7) is 3.59. The van der Waals surface area contributed by atoms with Crippen LogP contribution in [-0.4, -0.2) is 37.0 Å². The van der Waals surface area contributed by atoms with Gasteiger partial charge in [0.2, 0.25) is 0 Å². The van der Waals surface area contributed by atoms with E-state index >= 15 is 0 Å². The lowest BCUT2D eigenvalue weighted by atomic mass is 10.0. The van der Waals surface area contributed by atoms with Gasteiger partial charge in [-0.15, -0.1) is 24.0 Å². The molecule has 0 spiro atoms. The zero-order chi connectivity index (χ0) is 20.6. The summed E-state index contributed by atoms with van der Waals surface area (Å²) in [5.41, 5.74) is 2.97. The second kappa shape index (κ2) is 12.4. The first-order valence-electron chi connectivity index (χ1n) is 9.70. The average Bonchev–Trinajstić information content (AvgIpc) is 2.75. The molecule has 5 nitrogen and oxygen atoms in total. The van der Waals surface area contributed by atoms with Gasteiger partial charge < -0.3 is 10.6 Å². The lowest BCUT2D eigenvalue weighted by molar-refractivity contribution is 0.198. The third-order valence-electron chi connectivity index (χ3n) is 5.09. The predicted octanol–water partition coefficient (Wildman–Crippen LogP) is 4.81. The summed E-state index contributed by atoms with van der Waals surface area (Å²) in [5, 5.41) is 17.0. The van der Waals surface area contributed by atoms with Crippen LogP contribution in [0.5, 0.6) is 0 Å². The quantitative estimate of drug-likeness (QED) is 0.314. The molecular formula is C22H26Cl2IN5. The van der Waals surface area contributed by atoms with Crippen molar-refractivity contribution in [3.63, 3.8) is 0 Å². The molecule has 8 heteroatoms. The van der Waals surface area contributed by atoms with E-state index < -0.39 is 0 Å². The molecule has 0 amide bonds. The second-order valence-corrected chi connectivity index (χ2v) is 7.99. The second-order valence-electron chi connectivity index (χ2n) is 7.18. The van der Waals surface area contributed by atoms with Gasteiger partial charge in [-0.3, -0.25) is 9.89 Å². The maximum absolute atomic E-state index is 8.88. The van der Waals surface area contributed by atoms with E-state index in [2.05, 4.69) is 26.6 Å². The van der Waals surface area contributed by atoms with E-state index in [0.717, 1.165) is 44.0 Å². The SMILES string of the molecule is CN=C(NCc1ccc(C#N)cc1)NC1CCN(Cc2ccc(Cl)c(Cl)c2)CC1.I. The van der Waals surface area contributed by atoms with Gasteiger partial charge >= 0.3 is 0 Å². The summed E-state index contributed by atoms with van der Waals surface area (Å²) in [6, 6.07) is 15.9. The van der Waals surface area contributed by atoms with E-state index in [9.17, 15) is 0 Å². The molecule has 0 aliphatic carbocycles. The molecular weight excluding hydrogens is 532 g/mol. The van der Waals surface area contributed by atoms with Crippen molar-refractivity contribution in [2.45, 2.75) is 32.0 Å². The largest absolute Gasteiger partial charge is 0.354 e. The lowest BCUT2D eigenvalue weighted by Crippen LogP contribution is -2.48. The van der Waals surface area contributed by atoms with Gasteiger partial charge in [-0.05, 0) is 48.2 Å². The predicted molar refractivity (Wildman–Crippen MR) is 135 cm³/mol. The number of nitrogens with zero attached hydrogens (tertiary/aromatic N) is 3. The van der Waals surface area contributed by atoms with Gasteiger partial charge in [-0.1, -0.05) is 41.4 Å². The van der Waals surface area contributed by atoms with Crippen molar-refractivity contribution in [3.8, 4) is 6.07 Å². The van der Waals surface area contributed by atoms with Crippen LogP contribution in [-0.2, 0) is 13.1 Å². The fourth-order valence-electron chi connectivity index (χ4n) is 3.40. The minimum Gasteiger partial charge on any atom is -0.354 e. The first kappa shape index (κ1) is 24.7. The normalized spacial score (nSPS) is 15.2. The summed E-state index contributed by atoms with van der Waals surface area (Å²) >= 11 is 12.1. The van der Waals surface area contributed by atoms with Gasteiger partial charge in [-0.2, -0.15) is 5.26 Å². The Kier molecular flexibility index (Phi) is 10.2. The highest BCUT2D eigenvalue weighted by Crippen LogP contribution is 2.24. The number of aliphatic imine (C=N–C) groups is 1. The maximum atomic E-state index is 8.88. The number of nitrogens with one attached hydrogen (secondary N) is 2. The third-order valence-corrected chi connectivity index (χ3v) is 5.82. The van der Waals surface area contributed by atoms with Crippen molar-refractivity contribution in [1.82, 2.24) is 15.5 Å². The number of hydrogen-bond acceptors (Lipinski definition) is 3. The highest BCUT2D eigenvalue weighted by atomic mass is 127. The topological polar surface area (TPSA) is 63.5 Å². The fraction of sp³-hybridized carbons (Fsp3) is 0.364. The minimum atomic E-state index is 0. The van der Waals surface area contributed by atoms with Crippen molar-refractivity contribution < 1.29 is 0 Å². The standard InChI is InChI=1S/C22H25Cl2N5.HI/c1-26-22(27-14-17-4-2-16(13-25)3-5-17)28-19-8-10-29(11-9-19)15-18-6-7-20(23)21(24)12-18;/h2-7,12,19H,8-11,14-15H2,1H3,(H2,26,27,28);1H. The molecule has 2 aromatic rings. The Bertz CT molecular complexity index is 887. The van der Waals surface area contributed by atoms with Crippen molar-refractivity contribution in [1.29, 1.82) is 5.26 Å². The Hall–Kier alpha value is -1.53. The number of likely N-dealkylation sites (tertiary alicyclic amines) is 1. The first-order chi connectivity index (χ1) is 14.1. The summed E-state index contributed by atoms with van der Waals surface area (Å²) < 4.78 is 0. The number of halogens is 3. The van der Waals surface area contributed by atoms with Crippen molar-refractivity contribution >= 4 is 53.1 Å². The monoisotopic (exact) mass is 557 g/mol. The van der Waals surface area contributed by atoms with Gasteiger partial charge in [0.1, 0.15) is 0 Å². The number of nitriles is 1. The van der Waals surface area contributed by atoms with Crippen LogP contribution < -0.4 is 10.6 Å². The highest BCUT2D eigenvalue weighted by molar-refractivity contribution is 14.0. The molecule has 0 bridgehead atoms. The van der Waals surface area contributed by atoms with E-state index in [1.165, 1.54) is 5.56 Å². The molecule has 0 saturated carbocycles. The minimum absolute atomic E-state index is 0. The molecule has 1 aliphatic rings. The average molecular weight is 558 g/mol.